The van der Waals surface area contributed by atoms with Gasteiger partial charge in [-0.25, -0.2) is 0 Å². The minimum absolute atomic E-state index is 0.144. The minimum atomic E-state index is 0.144. The fourth-order valence-electron chi connectivity index (χ4n) is 2.89. The van der Waals surface area contributed by atoms with Gasteiger partial charge in [0.1, 0.15) is 5.78 Å². The van der Waals surface area contributed by atoms with Crippen LogP contribution in [0.3, 0.4) is 0 Å². The number of rotatable bonds is 6. The van der Waals surface area contributed by atoms with Crippen LogP contribution in [0.2, 0.25) is 0 Å². The van der Waals surface area contributed by atoms with Gasteiger partial charge in [-0.15, -0.1) is 0 Å². The molecular formula is C17H29N3O. The summed E-state index contributed by atoms with van der Waals surface area (Å²) >= 11 is 0. The molecule has 1 aromatic rings. The van der Waals surface area contributed by atoms with Crippen molar-refractivity contribution in [2.45, 2.75) is 53.0 Å². The molecule has 1 aliphatic heterocycles. The number of piperidine rings is 1. The van der Waals surface area contributed by atoms with Crippen molar-refractivity contribution < 1.29 is 4.79 Å². The van der Waals surface area contributed by atoms with Gasteiger partial charge in [-0.2, -0.15) is 5.10 Å². The fourth-order valence-corrected chi connectivity index (χ4v) is 2.89. The second kappa shape index (κ2) is 7.21. The lowest BCUT2D eigenvalue weighted by Gasteiger charge is -2.32. The monoisotopic (exact) mass is 291 g/mol. The SMILES string of the molecule is CC(C)C(=O)CN1CCC[C@@H](Cn2cc(C(C)C)cn2)C1. The van der Waals surface area contributed by atoms with Crippen LogP contribution in [0.4, 0.5) is 0 Å². The van der Waals surface area contributed by atoms with E-state index in [1.807, 2.05) is 20.0 Å². The second-order valence-electron chi connectivity index (χ2n) is 7.01. The highest BCUT2D eigenvalue weighted by molar-refractivity contribution is 5.82. The van der Waals surface area contributed by atoms with Crippen LogP contribution in [-0.2, 0) is 11.3 Å². The zero-order valence-corrected chi connectivity index (χ0v) is 13.9. The molecular weight excluding hydrogens is 262 g/mol. The number of nitrogens with zero attached hydrogens (tertiary/aromatic N) is 3. The Morgan fingerprint density at radius 3 is 2.76 bits per heavy atom. The summed E-state index contributed by atoms with van der Waals surface area (Å²) in [6, 6.07) is 0. The first kappa shape index (κ1) is 16.2. The average molecular weight is 291 g/mol. The van der Waals surface area contributed by atoms with Crippen molar-refractivity contribution in [2.24, 2.45) is 11.8 Å². The van der Waals surface area contributed by atoms with Crippen LogP contribution >= 0.6 is 0 Å². The molecule has 1 aromatic heterocycles. The number of hydrogen-bond donors (Lipinski definition) is 0. The number of aromatic nitrogens is 2. The van der Waals surface area contributed by atoms with E-state index in [9.17, 15) is 4.79 Å². The van der Waals surface area contributed by atoms with E-state index in [-0.39, 0.29) is 5.92 Å². The summed E-state index contributed by atoms with van der Waals surface area (Å²) in [7, 11) is 0. The molecule has 0 saturated carbocycles. The van der Waals surface area contributed by atoms with Gasteiger partial charge in [0.2, 0.25) is 0 Å². The van der Waals surface area contributed by atoms with Gasteiger partial charge in [0.25, 0.3) is 0 Å². The number of carbonyl (C=O) groups is 1. The Morgan fingerprint density at radius 2 is 2.14 bits per heavy atom. The lowest BCUT2D eigenvalue weighted by Crippen LogP contribution is -2.41. The molecule has 4 heteroatoms. The van der Waals surface area contributed by atoms with Crippen LogP contribution in [0.15, 0.2) is 12.4 Å². The number of likely N-dealkylation sites (tertiary alicyclic amines) is 1. The van der Waals surface area contributed by atoms with Crippen molar-refractivity contribution in [3.8, 4) is 0 Å². The molecule has 0 bridgehead atoms. The van der Waals surface area contributed by atoms with E-state index in [1.165, 1.54) is 18.4 Å². The molecule has 0 spiro atoms. The van der Waals surface area contributed by atoms with Gasteiger partial charge >= 0.3 is 0 Å². The molecule has 1 fully saturated rings. The van der Waals surface area contributed by atoms with Gasteiger partial charge in [-0.05, 0) is 36.8 Å². The van der Waals surface area contributed by atoms with Gasteiger partial charge in [0, 0.05) is 25.2 Å². The highest BCUT2D eigenvalue weighted by atomic mass is 16.1. The molecule has 0 aromatic carbocycles. The largest absolute Gasteiger partial charge is 0.298 e. The standard InChI is InChI=1S/C17H29N3O/c1-13(2)16-8-18-20(11-16)10-15-6-5-7-19(9-15)12-17(21)14(3)4/h8,11,13-15H,5-7,9-10,12H2,1-4H3/t15-/m1/s1. The van der Waals surface area contributed by atoms with Crippen LogP contribution in [0.1, 0.15) is 52.0 Å². The third-order valence-corrected chi connectivity index (χ3v) is 4.39. The molecule has 0 radical (unpaired) electrons. The molecule has 1 saturated heterocycles. The van der Waals surface area contributed by atoms with Gasteiger partial charge < -0.3 is 0 Å². The lowest BCUT2D eigenvalue weighted by atomic mass is 9.97. The number of Topliss-reactive ketones (excluding diaryl/α,β-unsaturated/α-hetero) is 1. The molecule has 0 unspecified atom stereocenters. The normalized spacial score (nSPS) is 20.4. The first-order chi connectivity index (χ1) is 9.95. The van der Waals surface area contributed by atoms with Crippen molar-refractivity contribution in [1.29, 1.82) is 0 Å². The topological polar surface area (TPSA) is 38.1 Å². The molecule has 21 heavy (non-hydrogen) atoms. The van der Waals surface area contributed by atoms with E-state index in [4.69, 9.17) is 0 Å². The molecule has 2 rings (SSSR count). The molecule has 0 aliphatic carbocycles. The predicted molar refractivity (Wildman–Crippen MR) is 85.3 cm³/mol. The van der Waals surface area contributed by atoms with E-state index in [0.29, 0.717) is 24.2 Å². The molecule has 4 nitrogen and oxygen atoms in total. The highest BCUT2D eigenvalue weighted by Crippen LogP contribution is 2.20. The Balaban J connectivity index is 1.87. The van der Waals surface area contributed by atoms with Gasteiger partial charge in [-0.3, -0.25) is 14.4 Å². The molecule has 1 aliphatic rings. The van der Waals surface area contributed by atoms with E-state index in [0.717, 1.165) is 19.6 Å². The Kier molecular flexibility index (Phi) is 5.57. The summed E-state index contributed by atoms with van der Waals surface area (Å²) in [6.45, 7) is 12.0. The summed E-state index contributed by atoms with van der Waals surface area (Å²) < 4.78 is 2.08. The van der Waals surface area contributed by atoms with E-state index in [2.05, 4.69) is 34.7 Å². The third kappa shape index (κ3) is 4.67. The second-order valence-corrected chi connectivity index (χ2v) is 7.01. The van der Waals surface area contributed by atoms with Crippen molar-refractivity contribution >= 4 is 5.78 Å². The Hall–Kier alpha value is -1.16. The van der Waals surface area contributed by atoms with Crippen molar-refractivity contribution in [3.05, 3.63) is 18.0 Å². The third-order valence-electron chi connectivity index (χ3n) is 4.39. The predicted octanol–water partition coefficient (Wildman–Crippen LogP) is 2.94. The Labute approximate surface area is 128 Å². The highest BCUT2D eigenvalue weighted by Gasteiger charge is 2.23. The molecule has 0 N–H and O–H groups in total. The number of carbonyl (C=O) groups excluding carboxylic acids is 1. The maximum absolute atomic E-state index is 11.9. The lowest BCUT2D eigenvalue weighted by molar-refractivity contribution is -0.123. The van der Waals surface area contributed by atoms with Gasteiger partial charge in [-0.1, -0.05) is 27.7 Å². The maximum Gasteiger partial charge on any atom is 0.149 e. The van der Waals surface area contributed by atoms with Crippen LogP contribution in [0, 0.1) is 11.8 Å². The van der Waals surface area contributed by atoms with E-state index in [1.54, 1.807) is 0 Å². The van der Waals surface area contributed by atoms with Crippen LogP contribution in [-0.4, -0.2) is 40.1 Å². The average Bonchev–Trinajstić information content (AvgIpc) is 2.87. The summed E-state index contributed by atoms with van der Waals surface area (Å²) in [4.78, 5) is 14.2. The minimum Gasteiger partial charge on any atom is -0.298 e. The van der Waals surface area contributed by atoms with Crippen LogP contribution in [0.25, 0.3) is 0 Å². The first-order valence-electron chi connectivity index (χ1n) is 8.23. The molecule has 1 atom stereocenters. The number of ketones is 1. The summed E-state index contributed by atoms with van der Waals surface area (Å²) in [5.74, 6) is 1.64. The molecule has 0 amide bonds. The smallest absolute Gasteiger partial charge is 0.149 e. The first-order valence-corrected chi connectivity index (χ1v) is 8.23. The molecule has 118 valence electrons. The Bertz CT molecular complexity index is 464. The van der Waals surface area contributed by atoms with Crippen LogP contribution in [0.5, 0.6) is 0 Å². The van der Waals surface area contributed by atoms with Gasteiger partial charge in [0.15, 0.2) is 0 Å². The van der Waals surface area contributed by atoms with Crippen molar-refractivity contribution in [2.75, 3.05) is 19.6 Å². The zero-order chi connectivity index (χ0) is 15.4. The Morgan fingerprint density at radius 1 is 1.38 bits per heavy atom. The quantitative estimate of drug-likeness (QED) is 0.809. The fraction of sp³-hybridized carbons (Fsp3) is 0.765. The van der Waals surface area contributed by atoms with Crippen LogP contribution < -0.4 is 0 Å². The maximum atomic E-state index is 11.9. The summed E-state index contributed by atoms with van der Waals surface area (Å²) in [6.07, 6.45) is 6.58. The van der Waals surface area contributed by atoms with Crippen molar-refractivity contribution in [3.63, 3.8) is 0 Å². The van der Waals surface area contributed by atoms with E-state index >= 15 is 0 Å². The number of hydrogen-bond acceptors (Lipinski definition) is 3. The van der Waals surface area contributed by atoms with Crippen molar-refractivity contribution in [1.82, 2.24) is 14.7 Å². The van der Waals surface area contributed by atoms with E-state index < -0.39 is 0 Å². The molecule has 2 heterocycles. The zero-order valence-electron chi connectivity index (χ0n) is 13.9. The summed E-state index contributed by atoms with van der Waals surface area (Å²) in [5.41, 5.74) is 1.30. The summed E-state index contributed by atoms with van der Waals surface area (Å²) in [5, 5.41) is 4.48. The van der Waals surface area contributed by atoms with Gasteiger partial charge in [0.05, 0.1) is 12.7 Å².